The lowest BCUT2D eigenvalue weighted by Gasteiger charge is -2.14. The molecule has 7 heteroatoms. The molecule has 0 radical (unpaired) electrons. The molecule has 0 aromatic heterocycles. The van der Waals surface area contributed by atoms with Gasteiger partial charge in [0.1, 0.15) is 4.90 Å². The van der Waals surface area contributed by atoms with Crippen molar-refractivity contribution in [1.29, 1.82) is 0 Å². The highest BCUT2D eigenvalue weighted by molar-refractivity contribution is 7.95. The van der Waals surface area contributed by atoms with Crippen LogP contribution in [0.4, 0.5) is 8.78 Å². The van der Waals surface area contributed by atoms with Crippen molar-refractivity contribution in [2.45, 2.75) is 4.90 Å². The van der Waals surface area contributed by atoms with Crippen LogP contribution in [0, 0.1) is 11.6 Å². The Kier molecular flexibility index (Phi) is 2.84. The second kappa shape index (κ2) is 4.17. The van der Waals surface area contributed by atoms with Gasteiger partial charge in [0.05, 0.1) is 0 Å². The number of hydrogen-bond donors (Lipinski definition) is 2. The fourth-order valence-corrected chi connectivity index (χ4v) is 2.58. The molecular formula is C10H8F2N2O2S. The fraction of sp³-hybridized carbons (Fsp3) is 0. The predicted molar refractivity (Wildman–Crippen MR) is 57.0 cm³/mol. The number of halogens is 2. The minimum Gasteiger partial charge on any atom is -0.308 e. The van der Waals surface area contributed by atoms with E-state index in [0.717, 1.165) is 18.2 Å². The van der Waals surface area contributed by atoms with Gasteiger partial charge in [0.2, 0.25) is 9.84 Å². The quantitative estimate of drug-likeness (QED) is 0.837. The number of rotatable bonds is 2. The van der Waals surface area contributed by atoms with Crippen LogP contribution in [0.15, 0.2) is 46.5 Å². The molecule has 1 aliphatic heterocycles. The van der Waals surface area contributed by atoms with Gasteiger partial charge in [-0.3, -0.25) is 5.43 Å². The number of nitrogens with one attached hydrogen (secondary N) is 2. The van der Waals surface area contributed by atoms with Crippen LogP contribution in [0.3, 0.4) is 0 Å². The molecule has 0 atom stereocenters. The predicted octanol–water partition coefficient (Wildman–Crippen LogP) is 1.20. The molecule has 0 fully saturated rings. The third-order valence-electron chi connectivity index (χ3n) is 2.12. The van der Waals surface area contributed by atoms with Crippen LogP contribution < -0.4 is 10.9 Å². The van der Waals surface area contributed by atoms with E-state index in [1.54, 1.807) is 0 Å². The molecule has 1 aromatic carbocycles. The van der Waals surface area contributed by atoms with Gasteiger partial charge in [-0.25, -0.2) is 17.2 Å². The summed E-state index contributed by atoms with van der Waals surface area (Å²) in [7, 11) is -4.09. The highest BCUT2D eigenvalue weighted by Gasteiger charge is 2.26. The van der Waals surface area contributed by atoms with Crippen molar-refractivity contribution in [2.75, 3.05) is 0 Å². The Labute approximate surface area is 96.5 Å². The molecule has 1 aliphatic rings. The summed E-state index contributed by atoms with van der Waals surface area (Å²) >= 11 is 0. The third kappa shape index (κ3) is 2.01. The first-order valence-corrected chi connectivity index (χ1v) is 6.09. The highest BCUT2D eigenvalue weighted by Crippen LogP contribution is 2.22. The van der Waals surface area contributed by atoms with Crippen LogP contribution in [0.2, 0.25) is 0 Å². The zero-order chi connectivity index (χ0) is 12.5. The Morgan fingerprint density at radius 3 is 2.59 bits per heavy atom. The molecular weight excluding hydrogens is 250 g/mol. The summed E-state index contributed by atoms with van der Waals surface area (Å²) < 4.78 is 50.3. The molecule has 0 spiro atoms. The Hall–Kier alpha value is -1.89. The summed E-state index contributed by atoms with van der Waals surface area (Å²) in [5, 5.41) is -0.246. The van der Waals surface area contributed by atoms with Gasteiger partial charge in [-0.05, 0) is 24.3 Å². The van der Waals surface area contributed by atoms with Gasteiger partial charge in [-0.1, -0.05) is 6.07 Å². The van der Waals surface area contributed by atoms with Gasteiger partial charge >= 0.3 is 0 Å². The fourth-order valence-electron chi connectivity index (χ4n) is 1.30. The molecule has 0 unspecified atom stereocenters. The molecule has 90 valence electrons. The summed E-state index contributed by atoms with van der Waals surface area (Å²) in [5.41, 5.74) is 4.80. The second-order valence-electron chi connectivity index (χ2n) is 3.21. The van der Waals surface area contributed by atoms with E-state index < -0.39 is 26.4 Å². The van der Waals surface area contributed by atoms with Gasteiger partial charge in [0.25, 0.3) is 0 Å². The molecule has 2 N–H and O–H groups in total. The Morgan fingerprint density at radius 2 is 1.94 bits per heavy atom. The third-order valence-corrected chi connectivity index (χ3v) is 3.83. The van der Waals surface area contributed by atoms with Crippen molar-refractivity contribution >= 4 is 9.84 Å². The number of hydrazine groups is 1. The standard InChI is InChI=1S/C10H8F2N2O2S/c11-7-3-1-4-8(10(7)12)17(15,16)9-5-2-6-13-14-9/h1-6,13-14H. The monoisotopic (exact) mass is 258 g/mol. The largest absolute Gasteiger partial charge is 0.308 e. The lowest BCUT2D eigenvalue weighted by atomic mass is 10.3. The maximum atomic E-state index is 13.4. The van der Waals surface area contributed by atoms with Crippen LogP contribution in [0.1, 0.15) is 0 Å². The lowest BCUT2D eigenvalue weighted by molar-refractivity contribution is 0.485. The molecule has 2 rings (SSSR count). The van der Waals surface area contributed by atoms with Crippen molar-refractivity contribution in [2.24, 2.45) is 0 Å². The lowest BCUT2D eigenvalue weighted by Crippen LogP contribution is -2.32. The normalized spacial score (nSPS) is 14.8. The smallest absolute Gasteiger partial charge is 0.226 e. The molecule has 17 heavy (non-hydrogen) atoms. The van der Waals surface area contributed by atoms with E-state index in [4.69, 9.17) is 0 Å². The maximum absolute atomic E-state index is 13.4. The molecule has 0 aliphatic carbocycles. The summed E-state index contributed by atoms with van der Waals surface area (Å²) in [6, 6.07) is 3.00. The van der Waals surface area contributed by atoms with Gasteiger partial charge < -0.3 is 5.43 Å². The zero-order valence-electron chi connectivity index (χ0n) is 8.44. The van der Waals surface area contributed by atoms with Crippen molar-refractivity contribution in [3.05, 3.63) is 53.2 Å². The average molecular weight is 258 g/mol. The van der Waals surface area contributed by atoms with E-state index in [2.05, 4.69) is 10.9 Å². The van der Waals surface area contributed by atoms with E-state index in [9.17, 15) is 17.2 Å². The van der Waals surface area contributed by atoms with Crippen LogP contribution in [-0.2, 0) is 9.84 Å². The number of benzene rings is 1. The Bertz CT molecular complexity index is 609. The molecule has 0 bridgehead atoms. The average Bonchev–Trinajstić information content (AvgIpc) is 2.33. The first-order valence-electron chi connectivity index (χ1n) is 4.61. The van der Waals surface area contributed by atoms with Crippen molar-refractivity contribution < 1.29 is 17.2 Å². The van der Waals surface area contributed by atoms with Gasteiger partial charge in [-0.2, -0.15) is 0 Å². The van der Waals surface area contributed by atoms with E-state index in [-0.39, 0.29) is 5.03 Å². The van der Waals surface area contributed by atoms with Crippen LogP contribution in [-0.4, -0.2) is 8.42 Å². The first-order chi connectivity index (χ1) is 8.03. The number of allylic oxidation sites excluding steroid dienone is 2. The van der Waals surface area contributed by atoms with E-state index >= 15 is 0 Å². The Balaban J connectivity index is 2.56. The Morgan fingerprint density at radius 1 is 1.18 bits per heavy atom. The number of sulfone groups is 1. The first kappa shape index (κ1) is 11.6. The van der Waals surface area contributed by atoms with E-state index in [1.807, 2.05) is 0 Å². The van der Waals surface area contributed by atoms with Gasteiger partial charge in [-0.15, -0.1) is 0 Å². The number of hydrogen-bond acceptors (Lipinski definition) is 4. The minimum atomic E-state index is -4.09. The maximum Gasteiger partial charge on any atom is 0.226 e. The molecule has 1 aromatic rings. The van der Waals surface area contributed by atoms with Crippen molar-refractivity contribution in [1.82, 2.24) is 10.9 Å². The van der Waals surface area contributed by atoms with E-state index in [1.165, 1.54) is 18.4 Å². The molecule has 0 saturated carbocycles. The van der Waals surface area contributed by atoms with Crippen molar-refractivity contribution in [3.63, 3.8) is 0 Å². The SMILES string of the molecule is O=S(=O)(C1=CC=CNN1)c1cccc(F)c1F. The topological polar surface area (TPSA) is 58.2 Å². The van der Waals surface area contributed by atoms with Gasteiger partial charge in [0, 0.05) is 6.20 Å². The molecule has 0 amide bonds. The minimum absolute atomic E-state index is 0.246. The molecule has 0 saturated heterocycles. The summed E-state index contributed by atoms with van der Waals surface area (Å²) in [6.07, 6.45) is 4.14. The van der Waals surface area contributed by atoms with E-state index in [0.29, 0.717) is 0 Å². The van der Waals surface area contributed by atoms with Crippen LogP contribution >= 0.6 is 0 Å². The summed E-state index contributed by atoms with van der Waals surface area (Å²) in [5.74, 6) is -2.59. The van der Waals surface area contributed by atoms with Crippen LogP contribution in [0.25, 0.3) is 0 Å². The molecule has 1 heterocycles. The summed E-state index contributed by atoms with van der Waals surface area (Å²) in [4.78, 5) is -0.701. The van der Waals surface area contributed by atoms with Crippen LogP contribution in [0.5, 0.6) is 0 Å². The van der Waals surface area contributed by atoms with Crippen molar-refractivity contribution in [3.8, 4) is 0 Å². The molecule has 4 nitrogen and oxygen atoms in total. The highest BCUT2D eigenvalue weighted by atomic mass is 32.2. The second-order valence-corrected chi connectivity index (χ2v) is 5.10. The zero-order valence-corrected chi connectivity index (χ0v) is 9.26. The summed E-state index contributed by atoms with van der Waals surface area (Å²) in [6.45, 7) is 0. The van der Waals surface area contributed by atoms with Gasteiger partial charge in [0.15, 0.2) is 16.7 Å².